The molecule has 2 heterocycles. The summed E-state index contributed by atoms with van der Waals surface area (Å²) in [6.45, 7) is 3.59. The highest BCUT2D eigenvalue weighted by molar-refractivity contribution is 5.86. The third-order valence-electron chi connectivity index (χ3n) is 4.74. The van der Waals surface area contributed by atoms with Gasteiger partial charge in [-0.05, 0) is 50.6 Å². The Kier molecular flexibility index (Phi) is 8.56. The SMILES string of the molecule is COC1(C(=O)NC(C)c2cccc(-n3ccnc3)c2)CCNCC1.Cl.Cl. The first-order chi connectivity index (χ1) is 11.6. The quantitative estimate of drug-likeness (QED) is 0.809. The van der Waals surface area contributed by atoms with Gasteiger partial charge in [-0.25, -0.2) is 4.98 Å². The predicted octanol–water partition coefficient (Wildman–Crippen LogP) is 2.66. The highest BCUT2D eigenvalue weighted by Gasteiger charge is 2.40. The Bertz CT molecular complexity index is 688. The molecule has 2 N–H and O–H groups in total. The maximum atomic E-state index is 12.8. The minimum Gasteiger partial charge on any atom is -0.368 e. The topological polar surface area (TPSA) is 68.2 Å². The molecule has 1 unspecified atom stereocenters. The van der Waals surface area contributed by atoms with Crippen LogP contribution in [-0.2, 0) is 9.53 Å². The molecular formula is C18H26Cl2N4O2. The lowest BCUT2D eigenvalue weighted by Crippen LogP contribution is -2.54. The molecule has 0 spiro atoms. The molecule has 3 rings (SSSR count). The molecule has 1 aromatic carbocycles. The minimum absolute atomic E-state index is 0. The van der Waals surface area contributed by atoms with Gasteiger partial charge in [-0.2, -0.15) is 0 Å². The summed E-state index contributed by atoms with van der Waals surface area (Å²) in [4.78, 5) is 16.8. The van der Waals surface area contributed by atoms with Crippen molar-refractivity contribution in [3.63, 3.8) is 0 Å². The van der Waals surface area contributed by atoms with Gasteiger partial charge in [-0.1, -0.05) is 12.1 Å². The lowest BCUT2D eigenvalue weighted by molar-refractivity contribution is -0.147. The number of halogens is 2. The van der Waals surface area contributed by atoms with E-state index >= 15 is 0 Å². The fraction of sp³-hybridized carbons (Fsp3) is 0.444. The molecule has 0 radical (unpaired) electrons. The van der Waals surface area contributed by atoms with E-state index in [1.54, 1.807) is 19.6 Å². The number of aromatic nitrogens is 2. The van der Waals surface area contributed by atoms with Crippen LogP contribution < -0.4 is 10.6 Å². The molecule has 0 aliphatic carbocycles. The highest BCUT2D eigenvalue weighted by atomic mass is 35.5. The van der Waals surface area contributed by atoms with E-state index in [4.69, 9.17) is 4.74 Å². The molecule has 0 bridgehead atoms. The van der Waals surface area contributed by atoms with E-state index in [0.717, 1.165) is 24.3 Å². The first-order valence-electron chi connectivity index (χ1n) is 8.30. The third kappa shape index (κ3) is 4.76. The number of nitrogens with zero attached hydrogens (tertiary/aromatic N) is 2. The summed E-state index contributed by atoms with van der Waals surface area (Å²) < 4.78 is 7.54. The molecule has 1 aliphatic rings. The fourth-order valence-electron chi connectivity index (χ4n) is 3.13. The van der Waals surface area contributed by atoms with Crippen molar-refractivity contribution in [1.29, 1.82) is 0 Å². The lowest BCUT2D eigenvalue weighted by Gasteiger charge is -2.35. The molecule has 1 amide bonds. The van der Waals surface area contributed by atoms with Gasteiger partial charge in [0.15, 0.2) is 0 Å². The van der Waals surface area contributed by atoms with Gasteiger partial charge < -0.3 is 19.9 Å². The summed E-state index contributed by atoms with van der Waals surface area (Å²) in [5, 5.41) is 6.38. The number of imidazole rings is 1. The summed E-state index contributed by atoms with van der Waals surface area (Å²) in [7, 11) is 1.62. The number of amides is 1. The van der Waals surface area contributed by atoms with Crippen LogP contribution in [0.3, 0.4) is 0 Å². The molecular weight excluding hydrogens is 375 g/mol. The van der Waals surface area contributed by atoms with Crippen molar-refractivity contribution in [3.8, 4) is 5.69 Å². The summed E-state index contributed by atoms with van der Waals surface area (Å²) >= 11 is 0. The molecule has 2 aromatic rings. The summed E-state index contributed by atoms with van der Waals surface area (Å²) in [5.74, 6) is -0.0352. The van der Waals surface area contributed by atoms with Crippen LogP contribution in [-0.4, -0.2) is 41.3 Å². The van der Waals surface area contributed by atoms with Crippen LogP contribution in [0.2, 0.25) is 0 Å². The Hall–Kier alpha value is -1.60. The van der Waals surface area contributed by atoms with Gasteiger partial charge in [0, 0.05) is 25.2 Å². The van der Waals surface area contributed by atoms with E-state index in [9.17, 15) is 4.79 Å². The average Bonchev–Trinajstić information content (AvgIpc) is 3.17. The first-order valence-corrected chi connectivity index (χ1v) is 8.30. The molecule has 0 saturated carbocycles. The molecule has 1 saturated heterocycles. The molecule has 1 aromatic heterocycles. The van der Waals surface area contributed by atoms with Gasteiger partial charge in [0.1, 0.15) is 5.60 Å². The van der Waals surface area contributed by atoms with Crippen LogP contribution in [0.1, 0.15) is 31.4 Å². The number of methoxy groups -OCH3 is 1. The predicted molar refractivity (Wildman–Crippen MR) is 106 cm³/mol. The number of ether oxygens (including phenoxy) is 1. The van der Waals surface area contributed by atoms with E-state index in [1.807, 2.05) is 35.9 Å². The van der Waals surface area contributed by atoms with Crippen LogP contribution in [0, 0.1) is 0 Å². The van der Waals surface area contributed by atoms with Gasteiger partial charge in [0.05, 0.1) is 12.4 Å². The number of hydrogen-bond donors (Lipinski definition) is 2. The zero-order valence-electron chi connectivity index (χ0n) is 15.0. The number of carbonyl (C=O) groups is 1. The summed E-state index contributed by atoms with van der Waals surface area (Å²) in [5.41, 5.74) is 1.35. The number of carbonyl (C=O) groups excluding carboxylic acids is 1. The van der Waals surface area contributed by atoms with Crippen molar-refractivity contribution in [2.75, 3.05) is 20.2 Å². The van der Waals surface area contributed by atoms with Crippen LogP contribution in [0.4, 0.5) is 0 Å². The van der Waals surface area contributed by atoms with Crippen LogP contribution in [0.25, 0.3) is 5.69 Å². The Morgan fingerprint density at radius 1 is 1.35 bits per heavy atom. The third-order valence-corrected chi connectivity index (χ3v) is 4.74. The van der Waals surface area contributed by atoms with Gasteiger partial charge in [0.2, 0.25) is 0 Å². The zero-order chi connectivity index (χ0) is 17.0. The van der Waals surface area contributed by atoms with Crippen molar-refractivity contribution >= 4 is 30.7 Å². The van der Waals surface area contributed by atoms with Crippen molar-refractivity contribution in [2.45, 2.75) is 31.4 Å². The van der Waals surface area contributed by atoms with E-state index in [-0.39, 0.29) is 36.8 Å². The van der Waals surface area contributed by atoms with Gasteiger partial charge in [-0.15, -0.1) is 24.8 Å². The zero-order valence-corrected chi connectivity index (χ0v) is 16.6. The number of rotatable bonds is 5. The van der Waals surface area contributed by atoms with E-state index < -0.39 is 5.60 Å². The lowest BCUT2D eigenvalue weighted by atomic mass is 9.90. The fourth-order valence-corrected chi connectivity index (χ4v) is 3.13. The first kappa shape index (κ1) is 22.4. The normalized spacial score (nSPS) is 16.7. The van der Waals surface area contributed by atoms with Crippen LogP contribution in [0.5, 0.6) is 0 Å². The van der Waals surface area contributed by atoms with Crippen LogP contribution >= 0.6 is 24.8 Å². The Morgan fingerprint density at radius 3 is 2.69 bits per heavy atom. The average molecular weight is 401 g/mol. The number of hydrogen-bond acceptors (Lipinski definition) is 4. The Balaban J connectivity index is 0.00000169. The van der Waals surface area contributed by atoms with Gasteiger partial charge >= 0.3 is 0 Å². The van der Waals surface area contributed by atoms with Crippen molar-refractivity contribution in [3.05, 3.63) is 48.5 Å². The smallest absolute Gasteiger partial charge is 0.252 e. The molecule has 1 atom stereocenters. The van der Waals surface area contributed by atoms with Gasteiger partial charge in [0.25, 0.3) is 5.91 Å². The van der Waals surface area contributed by atoms with Crippen LogP contribution in [0.15, 0.2) is 43.0 Å². The van der Waals surface area contributed by atoms with Crippen molar-refractivity contribution < 1.29 is 9.53 Å². The molecule has 6 nitrogen and oxygen atoms in total. The molecule has 26 heavy (non-hydrogen) atoms. The number of benzene rings is 1. The monoisotopic (exact) mass is 400 g/mol. The maximum Gasteiger partial charge on any atom is 0.252 e. The second-order valence-corrected chi connectivity index (χ2v) is 6.21. The molecule has 8 heteroatoms. The number of nitrogens with one attached hydrogen (secondary N) is 2. The van der Waals surface area contributed by atoms with Gasteiger partial charge in [-0.3, -0.25) is 4.79 Å². The Labute approximate surface area is 166 Å². The van der Waals surface area contributed by atoms with Crippen molar-refractivity contribution in [2.24, 2.45) is 0 Å². The van der Waals surface area contributed by atoms with Crippen molar-refractivity contribution in [1.82, 2.24) is 20.2 Å². The summed E-state index contributed by atoms with van der Waals surface area (Å²) in [6, 6.07) is 8.00. The van der Waals surface area contributed by atoms with E-state index in [1.165, 1.54) is 0 Å². The van der Waals surface area contributed by atoms with E-state index in [0.29, 0.717) is 12.8 Å². The standard InChI is InChI=1S/C18H24N4O2.2ClH/c1-14(21-17(23)18(24-2)6-8-19-9-7-18)15-4-3-5-16(12-15)22-11-10-20-13-22;;/h3-5,10-14,19H,6-9H2,1-2H3,(H,21,23);2*1H. The second-order valence-electron chi connectivity index (χ2n) is 6.21. The van der Waals surface area contributed by atoms with E-state index in [2.05, 4.69) is 21.7 Å². The summed E-state index contributed by atoms with van der Waals surface area (Å²) in [6.07, 6.45) is 6.79. The largest absolute Gasteiger partial charge is 0.368 e. The molecule has 1 fully saturated rings. The second kappa shape index (κ2) is 9.92. The minimum atomic E-state index is -0.721. The highest BCUT2D eigenvalue weighted by Crippen LogP contribution is 2.25. The Morgan fingerprint density at radius 2 is 2.08 bits per heavy atom. The molecule has 144 valence electrons. The molecule has 1 aliphatic heterocycles. The maximum absolute atomic E-state index is 12.8. The number of piperidine rings is 1.